The zero-order valence-electron chi connectivity index (χ0n) is 17.6. The molecule has 5 rings (SSSR count). The lowest BCUT2D eigenvalue weighted by atomic mass is 10.1. The average molecular weight is 426 g/mol. The molecule has 1 N–H and O–H groups in total. The maximum atomic E-state index is 12.9. The van der Waals surface area contributed by atoms with Gasteiger partial charge < -0.3 is 10.2 Å². The monoisotopic (exact) mass is 426 g/mol. The summed E-state index contributed by atoms with van der Waals surface area (Å²) in [5, 5.41) is 2.81. The molecule has 0 atom stereocenters. The van der Waals surface area contributed by atoms with Crippen LogP contribution in [0.3, 0.4) is 0 Å². The number of rotatable bonds is 4. The molecule has 0 fully saturated rings. The lowest BCUT2D eigenvalue weighted by Gasteiger charge is -2.17. The van der Waals surface area contributed by atoms with Gasteiger partial charge in [-0.05, 0) is 54.4 Å². The molecule has 160 valence electrons. The molecule has 1 aromatic heterocycles. The minimum atomic E-state index is -0.309. The van der Waals surface area contributed by atoms with Gasteiger partial charge in [-0.15, -0.1) is 0 Å². The first-order valence-electron chi connectivity index (χ1n) is 10.5. The van der Waals surface area contributed by atoms with Crippen molar-refractivity contribution >= 4 is 34.2 Å². The van der Waals surface area contributed by atoms with Crippen molar-refractivity contribution in [3.05, 3.63) is 94.4 Å². The number of nitrogens with one attached hydrogen (secondary N) is 1. The number of amides is 2. The molecule has 32 heavy (non-hydrogen) atoms. The Bertz CT molecular complexity index is 1400. The van der Waals surface area contributed by atoms with Crippen molar-refractivity contribution in [3.8, 4) is 0 Å². The van der Waals surface area contributed by atoms with E-state index in [0.29, 0.717) is 23.3 Å². The number of carbonyl (C=O) groups is 2. The number of carbonyl (C=O) groups excluding carboxylic acids is 2. The molecule has 0 unspecified atom stereocenters. The molecule has 7 heteroatoms. The topological polar surface area (TPSA) is 76.3 Å². The normalized spacial score (nSPS) is 12.7. The van der Waals surface area contributed by atoms with Gasteiger partial charge in [-0.3, -0.25) is 18.7 Å². The van der Waals surface area contributed by atoms with Crippen LogP contribution in [-0.2, 0) is 24.8 Å². The Morgan fingerprint density at radius 2 is 1.59 bits per heavy atom. The highest BCUT2D eigenvalue weighted by Crippen LogP contribution is 2.29. The molecule has 4 aromatic rings. The minimum absolute atomic E-state index is 0.0601. The number of aromatic nitrogens is 2. The molecule has 2 amide bonds. The number of hydrogen-bond acceptors (Lipinski definition) is 3. The maximum Gasteiger partial charge on any atom is 0.329 e. The Kier molecular flexibility index (Phi) is 4.86. The summed E-state index contributed by atoms with van der Waals surface area (Å²) >= 11 is 0. The van der Waals surface area contributed by atoms with Crippen LogP contribution in [0, 0.1) is 0 Å². The molecule has 0 aliphatic carbocycles. The summed E-state index contributed by atoms with van der Waals surface area (Å²) in [4.78, 5) is 39.8. The molecule has 7 nitrogen and oxygen atoms in total. The van der Waals surface area contributed by atoms with E-state index in [9.17, 15) is 14.4 Å². The van der Waals surface area contributed by atoms with Crippen molar-refractivity contribution in [3.63, 3.8) is 0 Å². The molecule has 0 spiro atoms. The summed E-state index contributed by atoms with van der Waals surface area (Å²) in [6.45, 7) is 0.571. The molecular formula is C25H22N4O3. The molecule has 3 aromatic carbocycles. The third-order valence-electron chi connectivity index (χ3n) is 5.90. The van der Waals surface area contributed by atoms with Crippen LogP contribution in [0.25, 0.3) is 11.0 Å². The number of nitrogens with zero attached hydrogens (tertiary/aromatic N) is 3. The van der Waals surface area contributed by atoms with Crippen molar-refractivity contribution in [2.24, 2.45) is 7.05 Å². The molecule has 0 saturated carbocycles. The fraction of sp³-hybridized carbons (Fsp3) is 0.160. The van der Waals surface area contributed by atoms with Crippen LogP contribution in [0.2, 0.25) is 0 Å². The van der Waals surface area contributed by atoms with E-state index < -0.39 is 0 Å². The van der Waals surface area contributed by atoms with Crippen LogP contribution >= 0.6 is 0 Å². The van der Waals surface area contributed by atoms with Gasteiger partial charge in [0.1, 0.15) is 6.54 Å². The van der Waals surface area contributed by atoms with E-state index in [1.54, 1.807) is 36.2 Å². The van der Waals surface area contributed by atoms with Crippen LogP contribution in [0.4, 0.5) is 11.4 Å². The predicted octanol–water partition coefficient (Wildman–Crippen LogP) is 3.18. The molecule has 0 saturated heterocycles. The van der Waals surface area contributed by atoms with Gasteiger partial charge >= 0.3 is 5.69 Å². The lowest BCUT2D eigenvalue weighted by molar-refractivity contribution is -0.116. The largest absolute Gasteiger partial charge is 0.329 e. The second-order valence-corrected chi connectivity index (χ2v) is 7.88. The number of fused-ring (bicyclic) bond motifs is 2. The van der Waals surface area contributed by atoms with Gasteiger partial charge in [0.25, 0.3) is 5.91 Å². The summed E-state index contributed by atoms with van der Waals surface area (Å²) < 4.78 is 2.98. The molecule has 2 heterocycles. The van der Waals surface area contributed by atoms with Gasteiger partial charge in [0.15, 0.2) is 0 Å². The molecule has 0 bridgehead atoms. The van der Waals surface area contributed by atoms with Crippen LogP contribution in [0.5, 0.6) is 0 Å². The minimum Gasteiger partial charge on any atom is -0.325 e. The summed E-state index contributed by atoms with van der Waals surface area (Å²) in [5.41, 5.74) is 4.50. The zero-order chi connectivity index (χ0) is 22.2. The van der Waals surface area contributed by atoms with Crippen molar-refractivity contribution in [1.29, 1.82) is 0 Å². The number of benzene rings is 3. The zero-order valence-corrected chi connectivity index (χ0v) is 17.6. The Balaban J connectivity index is 1.30. The molecular weight excluding hydrogens is 404 g/mol. The summed E-state index contributed by atoms with van der Waals surface area (Å²) in [6, 6.07) is 22.1. The van der Waals surface area contributed by atoms with Gasteiger partial charge in [0, 0.05) is 30.5 Å². The van der Waals surface area contributed by atoms with E-state index >= 15 is 0 Å². The fourth-order valence-corrected chi connectivity index (χ4v) is 4.26. The van der Waals surface area contributed by atoms with Crippen LogP contribution in [0.15, 0.2) is 77.6 Å². The van der Waals surface area contributed by atoms with E-state index in [2.05, 4.69) is 5.32 Å². The first kappa shape index (κ1) is 19.8. The number of anilines is 2. The van der Waals surface area contributed by atoms with Crippen molar-refractivity contribution < 1.29 is 9.59 Å². The van der Waals surface area contributed by atoms with Gasteiger partial charge in [0.2, 0.25) is 5.91 Å². The highest BCUT2D eigenvalue weighted by molar-refractivity contribution is 6.07. The van der Waals surface area contributed by atoms with E-state index in [1.807, 2.05) is 48.5 Å². The molecule has 0 radical (unpaired) electrons. The second-order valence-electron chi connectivity index (χ2n) is 7.88. The number of imidazole rings is 1. The molecule has 1 aliphatic rings. The SMILES string of the molecule is Cn1c(=O)n(CC(=O)Nc2ccc(C(=O)N3CCc4ccccc43)cc2)c2ccccc21. The third-order valence-corrected chi connectivity index (χ3v) is 5.90. The predicted molar refractivity (Wildman–Crippen MR) is 124 cm³/mol. The Morgan fingerprint density at radius 3 is 2.38 bits per heavy atom. The standard InChI is InChI=1S/C25H22N4O3/c1-27-21-8-4-5-9-22(21)29(25(27)32)16-23(30)26-19-12-10-18(11-13-19)24(31)28-15-14-17-6-2-3-7-20(17)28/h2-13H,14-16H2,1H3,(H,26,30). The highest BCUT2D eigenvalue weighted by Gasteiger charge is 2.25. The highest BCUT2D eigenvalue weighted by atomic mass is 16.2. The second kappa shape index (κ2) is 7.85. The van der Waals surface area contributed by atoms with Gasteiger partial charge in [0.05, 0.1) is 11.0 Å². The summed E-state index contributed by atoms with van der Waals surface area (Å²) in [5.74, 6) is -0.369. The quantitative estimate of drug-likeness (QED) is 0.545. The number of hydrogen-bond donors (Lipinski definition) is 1. The first-order valence-corrected chi connectivity index (χ1v) is 10.5. The average Bonchev–Trinajstić information content (AvgIpc) is 3.35. The Labute approximate surface area is 184 Å². The van der Waals surface area contributed by atoms with Gasteiger partial charge in [-0.1, -0.05) is 30.3 Å². The van der Waals surface area contributed by atoms with Crippen molar-refractivity contribution in [1.82, 2.24) is 9.13 Å². The maximum absolute atomic E-state index is 12.9. The summed E-state index contributed by atoms with van der Waals surface area (Å²) in [7, 11) is 1.69. The number of aryl methyl sites for hydroxylation is 1. The van der Waals surface area contributed by atoms with Crippen LogP contribution in [-0.4, -0.2) is 27.5 Å². The smallest absolute Gasteiger partial charge is 0.325 e. The van der Waals surface area contributed by atoms with Gasteiger partial charge in [-0.25, -0.2) is 4.79 Å². The van der Waals surface area contributed by atoms with E-state index in [4.69, 9.17) is 0 Å². The van der Waals surface area contributed by atoms with E-state index in [1.165, 1.54) is 14.7 Å². The third kappa shape index (κ3) is 3.37. The Morgan fingerprint density at radius 1 is 0.906 bits per heavy atom. The van der Waals surface area contributed by atoms with E-state index in [0.717, 1.165) is 17.6 Å². The lowest BCUT2D eigenvalue weighted by Crippen LogP contribution is -2.29. The number of para-hydroxylation sites is 3. The van der Waals surface area contributed by atoms with Crippen molar-refractivity contribution in [2.75, 3.05) is 16.8 Å². The van der Waals surface area contributed by atoms with Crippen molar-refractivity contribution in [2.45, 2.75) is 13.0 Å². The van der Waals surface area contributed by atoms with Crippen LogP contribution < -0.4 is 15.9 Å². The first-order chi connectivity index (χ1) is 15.5. The van der Waals surface area contributed by atoms with E-state index in [-0.39, 0.29) is 24.0 Å². The Hall–Kier alpha value is -4.13. The molecule has 1 aliphatic heterocycles. The fourth-order valence-electron chi connectivity index (χ4n) is 4.26. The van der Waals surface area contributed by atoms with Crippen LogP contribution in [0.1, 0.15) is 15.9 Å². The summed E-state index contributed by atoms with van der Waals surface area (Å²) in [6.07, 6.45) is 0.851. The van der Waals surface area contributed by atoms with Gasteiger partial charge in [-0.2, -0.15) is 0 Å².